The minimum atomic E-state index is -3.19. The number of nitrogens with zero attached hydrogens (tertiary/aromatic N) is 1. The molecule has 0 aliphatic heterocycles. The number of halogens is 2. The maximum absolute atomic E-state index is 13.2. The molecule has 1 N–H and O–H groups in total. The van der Waals surface area contributed by atoms with Crippen LogP contribution in [-0.2, 0) is 10.7 Å². The lowest BCUT2D eigenvalue weighted by atomic mass is 10.2. The van der Waals surface area contributed by atoms with Gasteiger partial charge in [0.1, 0.15) is 16.3 Å². The maximum atomic E-state index is 13.2. The molecule has 4 nitrogen and oxygen atoms in total. The van der Waals surface area contributed by atoms with Crippen LogP contribution in [0.25, 0.3) is 10.9 Å². The fourth-order valence-corrected chi connectivity index (χ4v) is 2.38. The molecular formula is C11H9F2NO3S. The molecule has 0 amide bonds. The first-order valence-corrected chi connectivity index (χ1v) is 5.80. The molecule has 0 saturated carbocycles. The lowest BCUT2D eigenvalue weighted by Gasteiger charge is -2.10. The molecule has 2 rings (SSSR count). The first kappa shape index (κ1) is 12.7. The molecule has 96 valence electrons. The van der Waals surface area contributed by atoms with Crippen LogP contribution in [-0.4, -0.2) is 23.2 Å². The first-order valence-electron chi connectivity index (χ1n) is 4.92. The zero-order chi connectivity index (χ0) is 13.5. The van der Waals surface area contributed by atoms with Crippen molar-refractivity contribution >= 4 is 28.2 Å². The van der Waals surface area contributed by atoms with E-state index in [-0.39, 0.29) is 21.5 Å². The highest BCUT2D eigenvalue weighted by Crippen LogP contribution is 2.36. The Morgan fingerprint density at radius 3 is 2.78 bits per heavy atom. The molecule has 0 spiro atoms. The Kier molecular flexibility index (Phi) is 2.94. The lowest BCUT2D eigenvalue weighted by molar-refractivity contribution is 0.0128. The van der Waals surface area contributed by atoms with E-state index in [0.29, 0.717) is 6.92 Å². The van der Waals surface area contributed by atoms with E-state index in [9.17, 15) is 18.7 Å². The fourth-order valence-electron chi connectivity index (χ4n) is 1.47. The Labute approximate surface area is 105 Å². The Balaban J connectivity index is 2.72. The monoisotopic (exact) mass is 273 g/mol. The molecule has 0 saturated heterocycles. The quantitative estimate of drug-likeness (QED) is 0.855. The number of aromatic nitrogens is 1. The van der Waals surface area contributed by atoms with E-state index >= 15 is 0 Å². The number of methoxy groups -OCH3 is 1. The van der Waals surface area contributed by atoms with Gasteiger partial charge in [-0.25, -0.2) is 9.78 Å². The number of fused-ring (bicyclic) bond motifs is 1. The molecule has 0 aliphatic carbocycles. The lowest BCUT2D eigenvalue weighted by Crippen LogP contribution is -2.10. The highest BCUT2D eigenvalue weighted by Gasteiger charge is 2.29. The second-order valence-electron chi connectivity index (χ2n) is 3.73. The van der Waals surface area contributed by atoms with Crippen molar-refractivity contribution in [2.75, 3.05) is 7.11 Å². The van der Waals surface area contributed by atoms with Gasteiger partial charge in [-0.05, 0) is 0 Å². The number of hydrogen-bond donors (Lipinski definition) is 1. The van der Waals surface area contributed by atoms with Gasteiger partial charge in [0.15, 0.2) is 0 Å². The van der Waals surface area contributed by atoms with E-state index in [4.69, 9.17) is 0 Å². The SMILES string of the molecule is COC(=O)c1scc2c(O)cc(C(C)(F)F)nc12. The predicted molar refractivity (Wildman–Crippen MR) is 62.2 cm³/mol. The third kappa shape index (κ3) is 2.01. The summed E-state index contributed by atoms with van der Waals surface area (Å²) in [7, 11) is 1.19. The van der Waals surface area contributed by atoms with Crippen molar-refractivity contribution < 1.29 is 23.4 Å². The highest BCUT2D eigenvalue weighted by atomic mass is 32.1. The molecule has 0 atom stereocenters. The molecule has 0 bridgehead atoms. The van der Waals surface area contributed by atoms with Gasteiger partial charge in [-0.2, -0.15) is 8.78 Å². The number of rotatable bonds is 2. The third-order valence-electron chi connectivity index (χ3n) is 2.37. The molecule has 2 aromatic rings. The van der Waals surface area contributed by atoms with Crippen LogP contribution in [0.3, 0.4) is 0 Å². The van der Waals surface area contributed by atoms with Gasteiger partial charge in [-0.1, -0.05) is 0 Å². The van der Waals surface area contributed by atoms with Gasteiger partial charge < -0.3 is 9.84 Å². The molecule has 18 heavy (non-hydrogen) atoms. The predicted octanol–water partition coefficient (Wildman–Crippen LogP) is 2.90. The van der Waals surface area contributed by atoms with E-state index in [2.05, 4.69) is 9.72 Å². The van der Waals surface area contributed by atoms with Crippen molar-refractivity contribution in [3.63, 3.8) is 0 Å². The van der Waals surface area contributed by atoms with E-state index in [1.807, 2.05) is 0 Å². The van der Waals surface area contributed by atoms with Crippen LogP contribution in [0.1, 0.15) is 22.3 Å². The summed E-state index contributed by atoms with van der Waals surface area (Å²) < 4.78 is 30.9. The van der Waals surface area contributed by atoms with Crippen LogP contribution < -0.4 is 0 Å². The first-order chi connectivity index (χ1) is 8.34. The van der Waals surface area contributed by atoms with Crippen molar-refractivity contribution in [2.24, 2.45) is 0 Å². The molecular weight excluding hydrogens is 264 g/mol. The van der Waals surface area contributed by atoms with Crippen LogP contribution in [0.4, 0.5) is 8.78 Å². The van der Waals surface area contributed by atoms with E-state index < -0.39 is 17.6 Å². The average molecular weight is 273 g/mol. The van der Waals surface area contributed by atoms with E-state index in [1.165, 1.54) is 12.5 Å². The fraction of sp³-hybridized carbons (Fsp3) is 0.273. The number of aromatic hydroxyl groups is 1. The number of alkyl halides is 2. The molecule has 0 fully saturated rings. The number of thiophene rings is 1. The molecule has 0 radical (unpaired) electrons. The normalized spacial score (nSPS) is 11.8. The average Bonchev–Trinajstić information content (AvgIpc) is 2.71. The van der Waals surface area contributed by atoms with Gasteiger partial charge in [-0.3, -0.25) is 0 Å². The Morgan fingerprint density at radius 1 is 1.56 bits per heavy atom. The van der Waals surface area contributed by atoms with Crippen molar-refractivity contribution in [1.82, 2.24) is 4.98 Å². The zero-order valence-electron chi connectivity index (χ0n) is 9.53. The summed E-state index contributed by atoms with van der Waals surface area (Å²) >= 11 is 0.987. The number of pyridine rings is 1. The summed E-state index contributed by atoms with van der Waals surface area (Å²) in [4.78, 5) is 15.3. The van der Waals surface area contributed by atoms with Crippen molar-refractivity contribution in [3.8, 4) is 5.75 Å². The minimum absolute atomic E-state index is 0.0309. The highest BCUT2D eigenvalue weighted by molar-refractivity contribution is 7.13. The smallest absolute Gasteiger partial charge is 0.350 e. The van der Waals surface area contributed by atoms with E-state index in [0.717, 1.165) is 17.4 Å². The van der Waals surface area contributed by atoms with Crippen molar-refractivity contribution in [2.45, 2.75) is 12.8 Å². The van der Waals surface area contributed by atoms with Crippen molar-refractivity contribution in [3.05, 3.63) is 22.0 Å². The summed E-state index contributed by atoms with van der Waals surface area (Å²) in [5.74, 6) is -4.19. The van der Waals surface area contributed by atoms with Crippen molar-refractivity contribution in [1.29, 1.82) is 0 Å². The zero-order valence-corrected chi connectivity index (χ0v) is 10.3. The standard InChI is InChI=1S/C11H9F2NO3S/c1-11(12,13)7-3-6(15)5-4-18-9(8(5)14-7)10(16)17-2/h3-4,15H,1-2H3. The maximum Gasteiger partial charge on any atom is 0.350 e. The third-order valence-corrected chi connectivity index (χ3v) is 3.32. The number of ether oxygens (including phenoxy) is 1. The molecule has 0 unspecified atom stereocenters. The van der Waals surface area contributed by atoms with Gasteiger partial charge in [0.25, 0.3) is 5.92 Å². The van der Waals surface area contributed by atoms with Crippen LogP contribution in [0, 0.1) is 0 Å². The number of hydrogen-bond acceptors (Lipinski definition) is 5. The largest absolute Gasteiger partial charge is 0.507 e. The van der Waals surface area contributed by atoms with E-state index in [1.54, 1.807) is 0 Å². The number of carbonyl (C=O) groups excluding carboxylic acids is 1. The van der Waals surface area contributed by atoms with Crippen LogP contribution in [0.5, 0.6) is 5.75 Å². The minimum Gasteiger partial charge on any atom is -0.507 e. The number of carbonyl (C=O) groups is 1. The van der Waals surface area contributed by atoms with Crippen LogP contribution >= 0.6 is 11.3 Å². The molecule has 0 aliphatic rings. The Bertz CT molecular complexity index is 619. The Morgan fingerprint density at radius 2 is 2.22 bits per heavy atom. The van der Waals surface area contributed by atoms with Crippen LogP contribution in [0.2, 0.25) is 0 Å². The van der Waals surface area contributed by atoms with Gasteiger partial charge in [-0.15, -0.1) is 11.3 Å². The van der Waals surface area contributed by atoms with Gasteiger partial charge in [0, 0.05) is 18.4 Å². The molecule has 0 aromatic carbocycles. The molecule has 2 aromatic heterocycles. The second-order valence-corrected chi connectivity index (χ2v) is 4.61. The topological polar surface area (TPSA) is 59.4 Å². The molecule has 2 heterocycles. The number of esters is 1. The van der Waals surface area contributed by atoms with Gasteiger partial charge >= 0.3 is 5.97 Å². The Hall–Kier alpha value is -1.76. The molecule has 7 heteroatoms. The summed E-state index contributed by atoms with van der Waals surface area (Å²) in [6.45, 7) is 0.671. The summed E-state index contributed by atoms with van der Waals surface area (Å²) in [6, 6.07) is 0.899. The van der Waals surface area contributed by atoms with Gasteiger partial charge in [0.05, 0.1) is 18.0 Å². The van der Waals surface area contributed by atoms with Gasteiger partial charge in [0.2, 0.25) is 0 Å². The second kappa shape index (κ2) is 4.16. The van der Waals surface area contributed by atoms with Crippen LogP contribution in [0.15, 0.2) is 11.4 Å². The summed E-state index contributed by atoms with van der Waals surface area (Å²) in [6.07, 6.45) is 0. The summed E-state index contributed by atoms with van der Waals surface area (Å²) in [5.41, 5.74) is -0.556. The summed E-state index contributed by atoms with van der Waals surface area (Å²) in [5, 5.41) is 11.4.